The highest BCUT2D eigenvalue weighted by Gasteiger charge is 2.39. The Hall–Kier alpha value is -3.03. The molecule has 0 aliphatic heterocycles. The summed E-state index contributed by atoms with van der Waals surface area (Å²) in [6, 6.07) is 3.07. The molecule has 8 nitrogen and oxygen atoms in total. The third kappa shape index (κ3) is 3.95. The van der Waals surface area contributed by atoms with Crippen LogP contribution in [0.4, 0.5) is 5.69 Å². The molecule has 8 heteroatoms. The lowest BCUT2D eigenvalue weighted by Crippen LogP contribution is -2.18. The average molecular weight is 388 g/mol. The molecule has 150 valence electrons. The van der Waals surface area contributed by atoms with Gasteiger partial charge in [-0.3, -0.25) is 4.79 Å². The van der Waals surface area contributed by atoms with Gasteiger partial charge in [0.2, 0.25) is 5.91 Å². The summed E-state index contributed by atoms with van der Waals surface area (Å²) in [7, 11) is 2.96. The van der Waals surface area contributed by atoms with Crippen LogP contribution in [0.5, 0.6) is 11.5 Å². The third-order valence-electron chi connectivity index (χ3n) is 4.98. The molecule has 2 atom stereocenters. The van der Waals surface area contributed by atoms with Crippen LogP contribution in [0.3, 0.4) is 0 Å². The lowest BCUT2D eigenvalue weighted by atomic mass is 10.1. The van der Waals surface area contributed by atoms with E-state index in [1.165, 1.54) is 20.3 Å². The maximum absolute atomic E-state index is 12.8. The fraction of sp³-hybridized carbons (Fsp3) is 0.450. The molecule has 0 unspecified atom stereocenters. The zero-order valence-electron chi connectivity index (χ0n) is 16.6. The molecule has 1 N–H and O–H groups in total. The van der Waals surface area contributed by atoms with E-state index in [1.54, 1.807) is 19.9 Å². The van der Waals surface area contributed by atoms with E-state index in [-0.39, 0.29) is 24.0 Å². The highest BCUT2D eigenvalue weighted by Crippen LogP contribution is 2.40. The van der Waals surface area contributed by atoms with Gasteiger partial charge >= 0.3 is 5.97 Å². The normalized spacial score (nSPS) is 17.8. The van der Waals surface area contributed by atoms with Gasteiger partial charge in [-0.2, -0.15) is 0 Å². The van der Waals surface area contributed by atoms with Gasteiger partial charge < -0.3 is 24.1 Å². The first-order valence-corrected chi connectivity index (χ1v) is 9.01. The summed E-state index contributed by atoms with van der Waals surface area (Å²) in [6.45, 7) is 5.56. The largest absolute Gasteiger partial charge is 0.493 e. The molecule has 1 fully saturated rings. The first kappa shape index (κ1) is 19.7. The predicted molar refractivity (Wildman–Crippen MR) is 101 cm³/mol. The molecule has 0 radical (unpaired) electrons. The summed E-state index contributed by atoms with van der Waals surface area (Å²) in [5.74, 6) is 0.941. The second-order valence-corrected chi connectivity index (χ2v) is 6.94. The number of rotatable bonds is 7. The summed E-state index contributed by atoms with van der Waals surface area (Å²) in [5, 5.41) is 6.67. The van der Waals surface area contributed by atoms with Gasteiger partial charge in [-0.05, 0) is 26.2 Å². The van der Waals surface area contributed by atoms with Gasteiger partial charge in [0.1, 0.15) is 12.4 Å². The van der Waals surface area contributed by atoms with E-state index in [1.807, 2.05) is 6.92 Å². The number of carbonyl (C=O) groups is 2. The SMILES string of the molecule is COc1cc(NC(=O)[C@H]2C[C@@H]2C)c(C(=O)OCc2c(C)noc2C)cc1OC. The van der Waals surface area contributed by atoms with E-state index in [0.717, 1.165) is 6.42 Å². The first-order chi connectivity index (χ1) is 13.3. The Morgan fingerprint density at radius 3 is 2.39 bits per heavy atom. The molecule has 0 saturated heterocycles. The standard InChI is InChI=1S/C20H24N2O6/c1-10-6-13(10)19(23)21-16-8-18(26-5)17(25-4)7-14(16)20(24)27-9-15-11(2)22-28-12(15)3/h7-8,10,13H,6,9H2,1-5H3,(H,21,23)/t10-,13-/m0/s1. The quantitative estimate of drug-likeness (QED) is 0.727. The number of benzene rings is 1. The van der Waals surface area contributed by atoms with Crippen LogP contribution in [0, 0.1) is 25.7 Å². The molecule has 3 rings (SSSR count). The van der Waals surface area contributed by atoms with E-state index < -0.39 is 5.97 Å². The van der Waals surface area contributed by atoms with Gasteiger partial charge in [-0.25, -0.2) is 4.79 Å². The Morgan fingerprint density at radius 1 is 1.21 bits per heavy atom. The van der Waals surface area contributed by atoms with Crippen molar-refractivity contribution in [1.29, 1.82) is 0 Å². The van der Waals surface area contributed by atoms with Crippen LogP contribution in [0.2, 0.25) is 0 Å². The summed E-state index contributed by atoms with van der Waals surface area (Å²) >= 11 is 0. The fourth-order valence-electron chi connectivity index (χ4n) is 2.99. The minimum absolute atomic E-state index is 0.0153. The van der Waals surface area contributed by atoms with Crippen molar-refractivity contribution in [3.05, 3.63) is 34.7 Å². The summed E-state index contributed by atoms with van der Waals surface area (Å²) in [4.78, 5) is 25.2. The Labute approximate surface area is 163 Å². The van der Waals surface area contributed by atoms with E-state index in [4.69, 9.17) is 18.7 Å². The number of nitrogens with zero attached hydrogens (tertiary/aromatic N) is 1. The Kier molecular flexibility index (Phi) is 5.58. The Balaban J connectivity index is 1.86. The molecule has 1 saturated carbocycles. The molecule has 1 aliphatic rings. The van der Waals surface area contributed by atoms with Crippen molar-refractivity contribution in [2.75, 3.05) is 19.5 Å². The number of hydrogen-bond acceptors (Lipinski definition) is 7. The van der Waals surface area contributed by atoms with Crippen molar-refractivity contribution in [1.82, 2.24) is 5.16 Å². The van der Waals surface area contributed by atoms with Crippen LogP contribution in [0.25, 0.3) is 0 Å². The molecule has 1 aromatic heterocycles. The van der Waals surface area contributed by atoms with Gasteiger partial charge in [-0.15, -0.1) is 0 Å². The average Bonchev–Trinajstić information content (AvgIpc) is 3.33. The number of amides is 1. The molecular formula is C20H24N2O6. The number of methoxy groups -OCH3 is 2. The van der Waals surface area contributed by atoms with Crippen molar-refractivity contribution in [3.63, 3.8) is 0 Å². The van der Waals surface area contributed by atoms with Crippen molar-refractivity contribution in [3.8, 4) is 11.5 Å². The molecule has 28 heavy (non-hydrogen) atoms. The zero-order chi connectivity index (χ0) is 20.4. The number of nitrogens with one attached hydrogen (secondary N) is 1. The van der Waals surface area contributed by atoms with Crippen LogP contribution >= 0.6 is 0 Å². The number of esters is 1. The van der Waals surface area contributed by atoms with Crippen LogP contribution in [0.15, 0.2) is 16.7 Å². The van der Waals surface area contributed by atoms with E-state index >= 15 is 0 Å². The number of hydrogen-bond donors (Lipinski definition) is 1. The molecular weight excluding hydrogens is 364 g/mol. The Morgan fingerprint density at radius 2 is 1.86 bits per heavy atom. The van der Waals surface area contributed by atoms with E-state index in [2.05, 4.69) is 10.5 Å². The Bertz CT molecular complexity index is 885. The summed E-state index contributed by atoms with van der Waals surface area (Å²) in [6.07, 6.45) is 0.838. The smallest absolute Gasteiger partial charge is 0.340 e. The molecule has 1 amide bonds. The molecule has 0 bridgehead atoms. The van der Waals surface area contributed by atoms with Crippen LogP contribution in [-0.4, -0.2) is 31.3 Å². The molecule has 1 aliphatic carbocycles. The molecule has 0 spiro atoms. The predicted octanol–water partition coefficient (Wildman–Crippen LogP) is 3.26. The topological polar surface area (TPSA) is 99.9 Å². The van der Waals surface area contributed by atoms with E-state index in [0.29, 0.717) is 40.1 Å². The van der Waals surface area contributed by atoms with Crippen molar-refractivity contribution >= 4 is 17.6 Å². The number of aromatic nitrogens is 1. The van der Waals surface area contributed by atoms with Gasteiger partial charge in [0.25, 0.3) is 0 Å². The maximum atomic E-state index is 12.8. The lowest BCUT2D eigenvalue weighted by Gasteiger charge is -2.15. The summed E-state index contributed by atoms with van der Waals surface area (Å²) < 4.78 is 21.1. The van der Waals surface area contributed by atoms with Gasteiger partial charge in [0, 0.05) is 18.1 Å². The lowest BCUT2D eigenvalue weighted by molar-refractivity contribution is -0.117. The minimum atomic E-state index is -0.597. The third-order valence-corrected chi connectivity index (χ3v) is 4.98. The zero-order valence-corrected chi connectivity index (χ0v) is 16.6. The van der Waals surface area contributed by atoms with Crippen molar-refractivity contribution < 1.29 is 28.3 Å². The second kappa shape index (κ2) is 7.92. The van der Waals surface area contributed by atoms with Gasteiger partial charge in [0.15, 0.2) is 11.5 Å². The number of carbonyl (C=O) groups excluding carboxylic acids is 2. The molecule has 1 aromatic carbocycles. The van der Waals surface area contributed by atoms with Gasteiger partial charge in [-0.1, -0.05) is 12.1 Å². The van der Waals surface area contributed by atoms with Crippen molar-refractivity contribution in [2.24, 2.45) is 11.8 Å². The highest BCUT2D eigenvalue weighted by molar-refractivity contribution is 6.03. The number of aryl methyl sites for hydroxylation is 2. The van der Waals surface area contributed by atoms with Gasteiger partial charge in [0.05, 0.1) is 36.7 Å². The first-order valence-electron chi connectivity index (χ1n) is 9.01. The minimum Gasteiger partial charge on any atom is -0.493 e. The van der Waals surface area contributed by atoms with Crippen molar-refractivity contribution in [2.45, 2.75) is 33.8 Å². The molecule has 1 heterocycles. The van der Waals surface area contributed by atoms with Crippen LogP contribution < -0.4 is 14.8 Å². The monoisotopic (exact) mass is 388 g/mol. The van der Waals surface area contributed by atoms with Crippen LogP contribution in [0.1, 0.15) is 40.7 Å². The van der Waals surface area contributed by atoms with Crippen LogP contribution in [-0.2, 0) is 16.1 Å². The second-order valence-electron chi connectivity index (χ2n) is 6.94. The summed E-state index contributed by atoms with van der Waals surface area (Å²) in [5.41, 5.74) is 1.89. The molecule has 2 aromatic rings. The maximum Gasteiger partial charge on any atom is 0.340 e. The highest BCUT2D eigenvalue weighted by atomic mass is 16.5. The van der Waals surface area contributed by atoms with E-state index in [9.17, 15) is 9.59 Å². The number of anilines is 1. The fourth-order valence-corrected chi connectivity index (χ4v) is 2.99. The number of ether oxygens (including phenoxy) is 3.